The molecule has 2 fully saturated rings. The van der Waals surface area contributed by atoms with E-state index < -0.39 is 0 Å². The molecule has 0 heterocycles. The Hall–Kier alpha value is -0.0400. The molecule has 0 bridgehead atoms. The molecular weight excluding hydrogens is 134 g/mol. The fourth-order valence-electron chi connectivity index (χ4n) is 3.06. The predicted octanol–water partition coefficient (Wildman–Crippen LogP) is 2.16. The maximum atomic E-state index is 5.87. The summed E-state index contributed by atoms with van der Waals surface area (Å²) in [6.07, 6.45) is 7.13. The zero-order valence-electron chi connectivity index (χ0n) is 7.47. The molecule has 2 N–H and O–H groups in total. The Bertz CT molecular complexity index is 149. The minimum atomic E-state index is 0.572. The van der Waals surface area contributed by atoms with Crippen LogP contribution in [0.15, 0.2) is 0 Å². The van der Waals surface area contributed by atoms with Crippen molar-refractivity contribution >= 4 is 0 Å². The first-order chi connectivity index (χ1) is 5.32. The molecule has 2 aliphatic carbocycles. The summed E-state index contributed by atoms with van der Waals surface area (Å²) >= 11 is 0. The third-order valence-corrected chi connectivity index (χ3v) is 4.07. The Labute approximate surface area is 69.4 Å². The molecule has 11 heavy (non-hydrogen) atoms. The van der Waals surface area contributed by atoms with Crippen LogP contribution in [-0.2, 0) is 0 Å². The number of hydrogen-bond acceptors (Lipinski definition) is 1. The second-order valence-corrected chi connectivity index (χ2v) is 4.41. The van der Waals surface area contributed by atoms with E-state index in [0.717, 1.165) is 18.4 Å². The smallest absolute Gasteiger partial charge is 0.00179 e. The Kier molecular flexibility index (Phi) is 1.71. The van der Waals surface area contributed by atoms with Crippen molar-refractivity contribution in [3.05, 3.63) is 0 Å². The summed E-state index contributed by atoms with van der Waals surface area (Å²) in [5.41, 5.74) is 6.44. The fourth-order valence-corrected chi connectivity index (χ4v) is 3.06. The Morgan fingerprint density at radius 1 is 1.55 bits per heavy atom. The van der Waals surface area contributed by atoms with Crippen molar-refractivity contribution in [2.45, 2.75) is 39.0 Å². The normalized spacial score (nSPS) is 48.5. The number of fused-ring (bicyclic) bond motifs is 1. The highest BCUT2D eigenvalue weighted by Gasteiger charge is 2.52. The SMILES string of the molecule is CCC1(CN)CCCC2CC21. The van der Waals surface area contributed by atoms with Crippen LogP contribution in [-0.4, -0.2) is 6.54 Å². The lowest BCUT2D eigenvalue weighted by Gasteiger charge is -2.35. The van der Waals surface area contributed by atoms with Gasteiger partial charge in [-0.25, -0.2) is 0 Å². The zero-order valence-corrected chi connectivity index (χ0v) is 7.47. The second-order valence-electron chi connectivity index (χ2n) is 4.41. The Morgan fingerprint density at radius 3 is 2.91 bits per heavy atom. The molecule has 0 aliphatic heterocycles. The van der Waals surface area contributed by atoms with Crippen LogP contribution in [0.1, 0.15) is 39.0 Å². The average Bonchev–Trinajstić information content (AvgIpc) is 2.82. The van der Waals surface area contributed by atoms with E-state index in [-0.39, 0.29) is 0 Å². The van der Waals surface area contributed by atoms with Gasteiger partial charge in [-0.2, -0.15) is 0 Å². The van der Waals surface area contributed by atoms with Crippen molar-refractivity contribution in [2.75, 3.05) is 6.54 Å². The first-order valence-corrected chi connectivity index (χ1v) is 5.02. The van der Waals surface area contributed by atoms with E-state index in [0.29, 0.717) is 5.41 Å². The van der Waals surface area contributed by atoms with E-state index in [1.165, 1.54) is 32.1 Å². The van der Waals surface area contributed by atoms with Gasteiger partial charge < -0.3 is 5.73 Å². The largest absolute Gasteiger partial charge is 0.330 e. The summed E-state index contributed by atoms with van der Waals surface area (Å²) in [4.78, 5) is 0. The molecule has 2 saturated carbocycles. The van der Waals surface area contributed by atoms with Crippen LogP contribution >= 0.6 is 0 Å². The summed E-state index contributed by atoms with van der Waals surface area (Å²) in [7, 11) is 0. The van der Waals surface area contributed by atoms with E-state index in [1.807, 2.05) is 0 Å². The van der Waals surface area contributed by atoms with E-state index >= 15 is 0 Å². The highest BCUT2D eigenvalue weighted by atomic mass is 14.7. The molecule has 3 unspecified atom stereocenters. The highest BCUT2D eigenvalue weighted by molar-refractivity contribution is 5.03. The molecule has 0 aromatic rings. The summed E-state index contributed by atoms with van der Waals surface area (Å²) in [6.45, 7) is 3.25. The molecule has 0 saturated heterocycles. The zero-order chi connectivity index (χ0) is 7.90. The summed E-state index contributed by atoms with van der Waals surface area (Å²) in [6, 6.07) is 0. The standard InChI is InChI=1S/C10H19N/c1-2-10(7-11)5-3-4-8-6-9(8)10/h8-9H,2-7,11H2,1H3. The molecule has 64 valence electrons. The predicted molar refractivity (Wildman–Crippen MR) is 47.2 cm³/mol. The molecule has 0 aromatic heterocycles. The van der Waals surface area contributed by atoms with Gasteiger partial charge in [0.05, 0.1) is 0 Å². The van der Waals surface area contributed by atoms with Crippen molar-refractivity contribution in [3.8, 4) is 0 Å². The first-order valence-electron chi connectivity index (χ1n) is 5.02. The Morgan fingerprint density at radius 2 is 2.36 bits per heavy atom. The van der Waals surface area contributed by atoms with E-state index in [1.54, 1.807) is 0 Å². The van der Waals surface area contributed by atoms with Gasteiger partial charge in [-0.1, -0.05) is 19.8 Å². The summed E-state index contributed by atoms with van der Waals surface area (Å²) < 4.78 is 0. The quantitative estimate of drug-likeness (QED) is 0.646. The van der Waals surface area contributed by atoms with Gasteiger partial charge in [-0.05, 0) is 43.1 Å². The molecule has 0 amide bonds. The van der Waals surface area contributed by atoms with Crippen molar-refractivity contribution in [3.63, 3.8) is 0 Å². The van der Waals surface area contributed by atoms with Gasteiger partial charge in [-0.3, -0.25) is 0 Å². The molecule has 0 spiro atoms. The lowest BCUT2D eigenvalue weighted by molar-refractivity contribution is 0.169. The number of rotatable bonds is 2. The van der Waals surface area contributed by atoms with Crippen LogP contribution in [0, 0.1) is 17.3 Å². The van der Waals surface area contributed by atoms with Gasteiger partial charge in [0.2, 0.25) is 0 Å². The number of hydrogen-bond donors (Lipinski definition) is 1. The topological polar surface area (TPSA) is 26.0 Å². The third-order valence-electron chi connectivity index (χ3n) is 4.07. The molecule has 0 aromatic carbocycles. The lowest BCUT2D eigenvalue weighted by atomic mass is 9.72. The number of nitrogens with two attached hydrogens (primary N) is 1. The molecule has 2 aliphatic rings. The lowest BCUT2D eigenvalue weighted by Crippen LogP contribution is -2.34. The van der Waals surface area contributed by atoms with Gasteiger partial charge in [0.25, 0.3) is 0 Å². The van der Waals surface area contributed by atoms with E-state index in [4.69, 9.17) is 5.73 Å². The maximum absolute atomic E-state index is 5.87. The van der Waals surface area contributed by atoms with Crippen molar-refractivity contribution in [1.29, 1.82) is 0 Å². The minimum absolute atomic E-state index is 0.572. The van der Waals surface area contributed by atoms with Crippen LogP contribution in [0.5, 0.6) is 0 Å². The molecule has 3 atom stereocenters. The van der Waals surface area contributed by atoms with Gasteiger partial charge in [0, 0.05) is 0 Å². The molecular formula is C10H19N. The molecule has 0 radical (unpaired) electrons. The van der Waals surface area contributed by atoms with Crippen molar-refractivity contribution in [2.24, 2.45) is 23.0 Å². The van der Waals surface area contributed by atoms with E-state index in [9.17, 15) is 0 Å². The summed E-state index contributed by atoms with van der Waals surface area (Å²) in [5, 5.41) is 0. The van der Waals surface area contributed by atoms with Crippen LogP contribution < -0.4 is 5.73 Å². The van der Waals surface area contributed by atoms with Crippen LogP contribution in [0.3, 0.4) is 0 Å². The molecule has 2 rings (SSSR count). The molecule has 1 heteroatoms. The monoisotopic (exact) mass is 153 g/mol. The fraction of sp³-hybridized carbons (Fsp3) is 1.00. The Balaban J connectivity index is 2.09. The van der Waals surface area contributed by atoms with Crippen LogP contribution in [0.4, 0.5) is 0 Å². The maximum Gasteiger partial charge on any atom is -0.00179 e. The van der Waals surface area contributed by atoms with Crippen molar-refractivity contribution < 1.29 is 0 Å². The average molecular weight is 153 g/mol. The minimum Gasteiger partial charge on any atom is -0.330 e. The second kappa shape index (κ2) is 2.48. The van der Waals surface area contributed by atoms with Gasteiger partial charge in [0.1, 0.15) is 0 Å². The van der Waals surface area contributed by atoms with Gasteiger partial charge in [-0.15, -0.1) is 0 Å². The van der Waals surface area contributed by atoms with Crippen LogP contribution in [0.25, 0.3) is 0 Å². The third kappa shape index (κ3) is 1.01. The van der Waals surface area contributed by atoms with Gasteiger partial charge >= 0.3 is 0 Å². The summed E-state index contributed by atoms with van der Waals surface area (Å²) in [5.74, 6) is 2.10. The van der Waals surface area contributed by atoms with Gasteiger partial charge in [0.15, 0.2) is 0 Å². The van der Waals surface area contributed by atoms with E-state index in [2.05, 4.69) is 6.92 Å². The highest BCUT2D eigenvalue weighted by Crippen LogP contribution is 2.60. The van der Waals surface area contributed by atoms with Crippen LogP contribution in [0.2, 0.25) is 0 Å². The van der Waals surface area contributed by atoms with Crippen molar-refractivity contribution in [1.82, 2.24) is 0 Å². The molecule has 1 nitrogen and oxygen atoms in total. The first kappa shape index (κ1) is 7.60.